The highest BCUT2D eigenvalue weighted by atomic mass is 32.1. The molecule has 5 heteroatoms. The molecule has 0 aliphatic rings. The molecule has 1 aromatic heterocycles. The molecule has 116 valence electrons. The van der Waals surface area contributed by atoms with E-state index in [9.17, 15) is 4.79 Å². The second-order valence-corrected chi connectivity index (χ2v) is 5.28. The predicted octanol–water partition coefficient (Wildman–Crippen LogP) is 4.03. The van der Waals surface area contributed by atoms with Gasteiger partial charge in [-0.25, -0.2) is 0 Å². The van der Waals surface area contributed by atoms with Crippen LogP contribution in [0.2, 0.25) is 0 Å². The molecule has 0 radical (unpaired) electrons. The van der Waals surface area contributed by atoms with Crippen LogP contribution in [0, 0.1) is 0 Å². The highest BCUT2D eigenvalue weighted by molar-refractivity contribution is 7.08. The van der Waals surface area contributed by atoms with E-state index in [1.807, 2.05) is 47.2 Å². The molecule has 0 fully saturated rings. The van der Waals surface area contributed by atoms with Crippen molar-refractivity contribution in [1.29, 1.82) is 0 Å². The van der Waals surface area contributed by atoms with Crippen molar-refractivity contribution in [2.24, 2.45) is 0 Å². The molecule has 0 N–H and O–H groups in total. The van der Waals surface area contributed by atoms with Crippen LogP contribution in [0.4, 0.5) is 0 Å². The van der Waals surface area contributed by atoms with Gasteiger partial charge in [0.05, 0.1) is 7.11 Å². The van der Waals surface area contributed by atoms with Gasteiger partial charge in [-0.05, 0) is 29.1 Å². The summed E-state index contributed by atoms with van der Waals surface area (Å²) in [6.45, 7) is 0.167. The summed E-state index contributed by atoms with van der Waals surface area (Å²) in [6, 6.07) is 7.42. The highest BCUT2D eigenvalue weighted by Crippen LogP contribution is 2.28. The summed E-state index contributed by atoms with van der Waals surface area (Å²) in [5, 5.41) is 3.77. The van der Waals surface area contributed by atoms with E-state index in [0.717, 1.165) is 11.1 Å². The standard InChI is InChI=1S/C17H18O4S/c1-19-12-21-16-7-6-13(10-17(16)20-2)4-3-5-15(18)14-8-9-22-11-14/h3-4,6-11H,5,12H2,1-2H3/b4-3+. The molecule has 2 rings (SSSR count). The van der Waals surface area contributed by atoms with Gasteiger partial charge in [-0.1, -0.05) is 18.2 Å². The summed E-state index contributed by atoms with van der Waals surface area (Å²) in [5.41, 5.74) is 1.70. The fourth-order valence-corrected chi connectivity index (χ4v) is 2.53. The number of carbonyl (C=O) groups is 1. The Balaban J connectivity index is 2.00. The Hall–Kier alpha value is -2.11. The second-order valence-electron chi connectivity index (χ2n) is 4.50. The third kappa shape index (κ3) is 4.44. The topological polar surface area (TPSA) is 44.8 Å². The molecule has 22 heavy (non-hydrogen) atoms. The Labute approximate surface area is 133 Å². The molecule has 0 atom stereocenters. The Kier molecular flexibility index (Phi) is 6.18. The van der Waals surface area contributed by atoms with Crippen LogP contribution in [0.3, 0.4) is 0 Å². The minimum atomic E-state index is 0.115. The lowest BCUT2D eigenvalue weighted by Gasteiger charge is -2.10. The molecule has 0 saturated carbocycles. The van der Waals surface area contributed by atoms with Gasteiger partial charge in [0.2, 0.25) is 0 Å². The van der Waals surface area contributed by atoms with Crippen LogP contribution >= 0.6 is 11.3 Å². The van der Waals surface area contributed by atoms with Gasteiger partial charge in [0.1, 0.15) is 0 Å². The van der Waals surface area contributed by atoms with E-state index in [2.05, 4.69) is 0 Å². The maximum atomic E-state index is 11.9. The van der Waals surface area contributed by atoms with E-state index < -0.39 is 0 Å². The average molecular weight is 318 g/mol. The SMILES string of the molecule is COCOc1ccc(/C=C/CC(=O)c2ccsc2)cc1OC. The quantitative estimate of drug-likeness (QED) is 0.544. The van der Waals surface area contributed by atoms with Gasteiger partial charge < -0.3 is 14.2 Å². The zero-order valence-electron chi connectivity index (χ0n) is 12.6. The van der Waals surface area contributed by atoms with E-state index in [1.54, 1.807) is 14.2 Å². The van der Waals surface area contributed by atoms with Crippen molar-refractivity contribution in [2.45, 2.75) is 6.42 Å². The van der Waals surface area contributed by atoms with Crippen LogP contribution in [-0.4, -0.2) is 26.8 Å². The molecule has 1 heterocycles. The van der Waals surface area contributed by atoms with Crippen LogP contribution in [0.5, 0.6) is 11.5 Å². The lowest BCUT2D eigenvalue weighted by Crippen LogP contribution is -2.00. The maximum absolute atomic E-state index is 11.9. The van der Waals surface area contributed by atoms with Crippen LogP contribution in [0.15, 0.2) is 41.1 Å². The Morgan fingerprint density at radius 1 is 1.23 bits per heavy atom. The first-order valence-corrected chi connectivity index (χ1v) is 7.70. The van der Waals surface area contributed by atoms with Crippen LogP contribution in [0.1, 0.15) is 22.3 Å². The van der Waals surface area contributed by atoms with Gasteiger partial charge in [0.25, 0.3) is 0 Å². The van der Waals surface area contributed by atoms with E-state index in [-0.39, 0.29) is 12.6 Å². The van der Waals surface area contributed by atoms with Crippen LogP contribution in [0.25, 0.3) is 6.08 Å². The summed E-state index contributed by atoms with van der Waals surface area (Å²) >= 11 is 1.53. The van der Waals surface area contributed by atoms with Gasteiger partial charge in [0.15, 0.2) is 24.1 Å². The monoisotopic (exact) mass is 318 g/mol. The van der Waals surface area contributed by atoms with Gasteiger partial charge in [-0.3, -0.25) is 4.79 Å². The molecular weight excluding hydrogens is 300 g/mol. The van der Waals surface area contributed by atoms with E-state index in [4.69, 9.17) is 14.2 Å². The number of carbonyl (C=O) groups excluding carboxylic acids is 1. The van der Waals surface area contributed by atoms with E-state index in [0.29, 0.717) is 17.9 Å². The molecular formula is C17H18O4S. The Morgan fingerprint density at radius 2 is 2.09 bits per heavy atom. The van der Waals surface area contributed by atoms with Crippen molar-refractivity contribution < 1.29 is 19.0 Å². The number of ether oxygens (including phenoxy) is 3. The first kappa shape index (κ1) is 16.3. The lowest BCUT2D eigenvalue weighted by molar-refractivity contribution is 0.0491. The van der Waals surface area contributed by atoms with Crippen LogP contribution in [-0.2, 0) is 4.74 Å². The van der Waals surface area contributed by atoms with Gasteiger partial charge in [0, 0.05) is 24.5 Å². The number of hydrogen-bond donors (Lipinski definition) is 0. The number of benzene rings is 1. The Bertz CT molecular complexity index is 632. The minimum absolute atomic E-state index is 0.115. The van der Waals surface area contributed by atoms with Crippen LogP contribution < -0.4 is 9.47 Å². The fourth-order valence-electron chi connectivity index (χ4n) is 1.87. The average Bonchev–Trinajstić information content (AvgIpc) is 3.07. The molecule has 0 amide bonds. The number of thiophene rings is 1. The maximum Gasteiger partial charge on any atom is 0.188 e. The second kappa shape index (κ2) is 8.36. The molecule has 0 aliphatic heterocycles. The molecule has 0 unspecified atom stereocenters. The first-order valence-electron chi connectivity index (χ1n) is 6.76. The zero-order valence-corrected chi connectivity index (χ0v) is 13.4. The highest BCUT2D eigenvalue weighted by Gasteiger charge is 2.05. The van der Waals surface area contributed by atoms with Crippen molar-refractivity contribution in [1.82, 2.24) is 0 Å². The van der Waals surface area contributed by atoms with E-state index >= 15 is 0 Å². The minimum Gasteiger partial charge on any atom is -0.493 e. The smallest absolute Gasteiger partial charge is 0.188 e. The lowest BCUT2D eigenvalue weighted by atomic mass is 10.1. The number of hydrogen-bond acceptors (Lipinski definition) is 5. The van der Waals surface area contributed by atoms with Crippen molar-refractivity contribution in [3.63, 3.8) is 0 Å². The summed E-state index contributed by atoms with van der Waals surface area (Å²) in [4.78, 5) is 11.9. The third-order valence-electron chi connectivity index (χ3n) is 2.98. The molecule has 2 aromatic rings. The summed E-state index contributed by atoms with van der Waals surface area (Å²) < 4.78 is 15.6. The molecule has 0 saturated heterocycles. The molecule has 0 aliphatic carbocycles. The van der Waals surface area contributed by atoms with Crippen molar-refractivity contribution in [2.75, 3.05) is 21.0 Å². The summed E-state index contributed by atoms with van der Waals surface area (Å²) in [6.07, 6.45) is 4.12. The molecule has 0 bridgehead atoms. The largest absolute Gasteiger partial charge is 0.493 e. The molecule has 0 spiro atoms. The number of rotatable bonds is 8. The third-order valence-corrected chi connectivity index (χ3v) is 3.66. The number of ketones is 1. The number of allylic oxidation sites excluding steroid dienone is 1. The van der Waals surface area contributed by atoms with Crippen molar-refractivity contribution in [3.05, 3.63) is 52.2 Å². The number of methoxy groups -OCH3 is 2. The van der Waals surface area contributed by atoms with Crippen molar-refractivity contribution >= 4 is 23.2 Å². The summed E-state index contributed by atoms with van der Waals surface area (Å²) in [7, 11) is 3.15. The first-order chi connectivity index (χ1) is 10.7. The van der Waals surface area contributed by atoms with Crippen molar-refractivity contribution in [3.8, 4) is 11.5 Å². The molecule has 4 nitrogen and oxygen atoms in total. The molecule has 1 aromatic carbocycles. The van der Waals surface area contributed by atoms with E-state index in [1.165, 1.54) is 11.3 Å². The fraction of sp³-hybridized carbons (Fsp3) is 0.235. The number of Topliss-reactive ketones (excluding diaryl/α,β-unsaturated/α-hetero) is 1. The van der Waals surface area contributed by atoms with Gasteiger partial charge in [-0.2, -0.15) is 11.3 Å². The normalized spacial score (nSPS) is 10.8. The van der Waals surface area contributed by atoms with Gasteiger partial charge >= 0.3 is 0 Å². The predicted molar refractivity (Wildman–Crippen MR) is 87.8 cm³/mol. The van der Waals surface area contributed by atoms with Gasteiger partial charge in [-0.15, -0.1) is 0 Å². The summed E-state index contributed by atoms with van der Waals surface area (Å²) in [5.74, 6) is 1.36. The Morgan fingerprint density at radius 3 is 2.77 bits per heavy atom. The zero-order chi connectivity index (χ0) is 15.8.